The van der Waals surface area contributed by atoms with Gasteiger partial charge in [0.2, 0.25) is 0 Å². The van der Waals surface area contributed by atoms with Crippen LogP contribution in [0.2, 0.25) is 0 Å². The molecule has 1 aromatic carbocycles. The Morgan fingerprint density at radius 1 is 1.14 bits per heavy atom. The average Bonchev–Trinajstić information content (AvgIpc) is 3.13. The number of benzene rings is 1. The minimum atomic E-state index is -0.134. The summed E-state index contributed by atoms with van der Waals surface area (Å²) in [6, 6.07) is 9.01. The van der Waals surface area contributed by atoms with Gasteiger partial charge in [-0.25, -0.2) is 4.39 Å². The molecule has 3 rings (SSSR count). The number of para-hydroxylation sites is 1. The predicted octanol–water partition coefficient (Wildman–Crippen LogP) is 2.05. The van der Waals surface area contributed by atoms with Crippen molar-refractivity contribution in [3.63, 3.8) is 0 Å². The number of nitrogens with one attached hydrogen (secondary N) is 2. The van der Waals surface area contributed by atoms with E-state index in [2.05, 4.69) is 30.5 Å². The highest BCUT2D eigenvalue weighted by molar-refractivity contribution is 14.0. The van der Waals surface area contributed by atoms with E-state index in [0.717, 1.165) is 57.3 Å². The van der Waals surface area contributed by atoms with E-state index in [-0.39, 0.29) is 29.8 Å². The van der Waals surface area contributed by atoms with Crippen LogP contribution in [-0.4, -0.2) is 67.0 Å². The summed E-state index contributed by atoms with van der Waals surface area (Å²) < 4.78 is 15.8. The molecule has 29 heavy (non-hydrogen) atoms. The number of aliphatic imine (C=N–C) groups is 1. The second-order valence-electron chi connectivity index (χ2n) is 6.93. The predicted molar refractivity (Wildman–Crippen MR) is 126 cm³/mol. The molecule has 0 aliphatic carbocycles. The molecule has 0 atom stereocenters. The first-order valence-electron chi connectivity index (χ1n) is 9.80. The summed E-state index contributed by atoms with van der Waals surface area (Å²) >= 11 is 0. The van der Waals surface area contributed by atoms with E-state index in [9.17, 15) is 4.39 Å². The van der Waals surface area contributed by atoms with Crippen molar-refractivity contribution >= 4 is 35.6 Å². The van der Waals surface area contributed by atoms with Crippen molar-refractivity contribution in [3.8, 4) is 0 Å². The van der Waals surface area contributed by atoms with Crippen LogP contribution in [0.1, 0.15) is 12.1 Å². The number of guanidine groups is 1. The third-order valence-corrected chi connectivity index (χ3v) is 5.09. The molecule has 1 saturated heterocycles. The van der Waals surface area contributed by atoms with E-state index >= 15 is 0 Å². The lowest BCUT2D eigenvalue weighted by Crippen LogP contribution is -2.47. The summed E-state index contributed by atoms with van der Waals surface area (Å²) in [6.07, 6.45) is 2.82. The van der Waals surface area contributed by atoms with Gasteiger partial charge in [0.25, 0.3) is 0 Å². The van der Waals surface area contributed by atoms with Gasteiger partial charge in [0.1, 0.15) is 5.82 Å². The SMILES string of the molecule is CN=C(NCCCN1CCN(c2ccccc2F)CC1)NCc1ccnn1C.I. The lowest BCUT2D eigenvalue weighted by atomic mass is 10.2. The summed E-state index contributed by atoms with van der Waals surface area (Å²) in [5.74, 6) is 0.663. The fourth-order valence-corrected chi connectivity index (χ4v) is 3.40. The van der Waals surface area contributed by atoms with E-state index in [1.807, 2.05) is 29.9 Å². The standard InChI is InChI=1S/C20H30FN7.HI/c1-22-20(24-16-17-8-10-25-26(17)2)23-9-5-11-27-12-14-28(15-13-27)19-7-4-3-6-18(19)21;/h3-4,6-8,10H,5,9,11-16H2,1-2H3,(H2,22,23,24);1H. The van der Waals surface area contributed by atoms with Crippen LogP contribution in [0.25, 0.3) is 0 Å². The Bertz CT molecular complexity index is 772. The zero-order valence-electron chi connectivity index (χ0n) is 17.1. The summed E-state index contributed by atoms with van der Waals surface area (Å²) in [5.41, 5.74) is 1.82. The average molecular weight is 515 g/mol. The largest absolute Gasteiger partial charge is 0.367 e. The highest BCUT2D eigenvalue weighted by Gasteiger charge is 2.18. The monoisotopic (exact) mass is 515 g/mol. The minimum Gasteiger partial charge on any atom is -0.367 e. The van der Waals surface area contributed by atoms with Gasteiger partial charge in [-0.05, 0) is 31.2 Å². The van der Waals surface area contributed by atoms with Crippen LogP contribution in [0.15, 0.2) is 41.5 Å². The normalized spacial score (nSPS) is 15.1. The van der Waals surface area contributed by atoms with E-state index in [4.69, 9.17) is 0 Å². The number of hydrogen-bond acceptors (Lipinski definition) is 4. The zero-order chi connectivity index (χ0) is 19.8. The molecule has 7 nitrogen and oxygen atoms in total. The first-order valence-corrected chi connectivity index (χ1v) is 9.80. The Balaban J connectivity index is 0.00000300. The molecule has 1 aliphatic rings. The van der Waals surface area contributed by atoms with E-state index in [1.165, 1.54) is 6.07 Å². The lowest BCUT2D eigenvalue weighted by Gasteiger charge is -2.36. The molecule has 2 N–H and O–H groups in total. The van der Waals surface area contributed by atoms with Crippen molar-refractivity contribution in [3.05, 3.63) is 48.0 Å². The molecular formula is C20H31FIN7. The zero-order valence-corrected chi connectivity index (χ0v) is 19.5. The van der Waals surface area contributed by atoms with Crippen molar-refractivity contribution in [1.29, 1.82) is 0 Å². The maximum absolute atomic E-state index is 13.9. The topological polar surface area (TPSA) is 60.7 Å². The molecule has 2 heterocycles. The molecular weight excluding hydrogens is 484 g/mol. The molecule has 0 radical (unpaired) electrons. The molecule has 0 spiro atoms. The van der Waals surface area contributed by atoms with Crippen LogP contribution in [-0.2, 0) is 13.6 Å². The van der Waals surface area contributed by atoms with Crippen LogP contribution < -0.4 is 15.5 Å². The van der Waals surface area contributed by atoms with Gasteiger partial charge in [-0.1, -0.05) is 12.1 Å². The van der Waals surface area contributed by atoms with Crippen molar-refractivity contribution in [2.45, 2.75) is 13.0 Å². The number of piperazine rings is 1. The number of hydrogen-bond donors (Lipinski definition) is 2. The third-order valence-electron chi connectivity index (χ3n) is 5.09. The number of aryl methyl sites for hydroxylation is 1. The van der Waals surface area contributed by atoms with Crippen LogP contribution in [0.5, 0.6) is 0 Å². The number of rotatable bonds is 7. The highest BCUT2D eigenvalue weighted by Crippen LogP contribution is 2.20. The maximum Gasteiger partial charge on any atom is 0.191 e. The van der Waals surface area contributed by atoms with E-state index in [1.54, 1.807) is 19.3 Å². The molecule has 1 aliphatic heterocycles. The van der Waals surface area contributed by atoms with Gasteiger partial charge in [-0.15, -0.1) is 24.0 Å². The summed E-state index contributed by atoms with van der Waals surface area (Å²) in [7, 11) is 3.71. The molecule has 0 unspecified atom stereocenters. The van der Waals surface area contributed by atoms with Crippen LogP contribution in [0, 0.1) is 5.82 Å². The van der Waals surface area contributed by atoms with Gasteiger partial charge in [0.15, 0.2) is 5.96 Å². The van der Waals surface area contributed by atoms with Gasteiger partial charge in [0.05, 0.1) is 17.9 Å². The third kappa shape index (κ3) is 6.84. The molecule has 0 amide bonds. The Morgan fingerprint density at radius 3 is 2.55 bits per heavy atom. The molecule has 160 valence electrons. The molecule has 1 aromatic heterocycles. The van der Waals surface area contributed by atoms with Crippen LogP contribution >= 0.6 is 24.0 Å². The summed E-state index contributed by atoms with van der Waals surface area (Å²) in [5, 5.41) is 10.8. The Labute approximate surface area is 189 Å². The fourth-order valence-electron chi connectivity index (χ4n) is 3.40. The van der Waals surface area contributed by atoms with Gasteiger partial charge in [-0.3, -0.25) is 14.6 Å². The molecule has 2 aromatic rings. The second-order valence-corrected chi connectivity index (χ2v) is 6.93. The van der Waals surface area contributed by atoms with Gasteiger partial charge >= 0.3 is 0 Å². The van der Waals surface area contributed by atoms with Gasteiger partial charge in [0, 0.05) is 53.0 Å². The van der Waals surface area contributed by atoms with E-state index < -0.39 is 0 Å². The fraction of sp³-hybridized carbons (Fsp3) is 0.500. The Kier molecular flexibility index (Phi) is 9.65. The quantitative estimate of drug-likeness (QED) is 0.256. The van der Waals surface area contributed by atoms with Crippen molar-refractivity contribution in [2.75, 3.05) is 51.2 Å². The number of aromatic nitrogens is 2. The summed E-state index contributed by atoms with van der Waals surface area (Å²) in [6.45, 7) is 6.22. The maximum atomic E-state index is 13.9. The second kappa shape index (κ2) is 12.0. The smallest absolute Gasteiger partial charge is 0.191 e. The Hall–Kier alpha value is -1.88. The van der Waals surface area contributed by atoms with Crippen molar-refractivity contribution < 1.29 is 4.39 Å². The lowest BCUT2D eigenvalue weighted by molar-refractivity contribution is 0.254. The molecule has 0 bridgehead atoms. The minimum absolute atomic E-state index is 0. The molecule has 1 fully saturated rings. The van der Waals surface area contributed by atoms with Gasteiger partial charge in [-0.2, -0.15) is 5.10 Å². The summed E-state index contributed by atoms with van der Waals surface area (Å²) in [4.78, 5) is 8.83. The van der Waals surface area contributed by atoms with Crippen molar-refractivity contribution in [1.82, 2.24) is 25.3 Å². The first-order chi connectivity index (χ1) is 13.7. The van der Waals surface area contributed by atoms with Crippen molar-refractivity contribution in [2.24, 2.45) is 12.0 Å². The van der Waals surface area contributed by atoms with Crippen LogP contribution in [0.4, 0.5) is 10.1 Å². The first kappa shape index (κ1) is 23.4. The number of halogens is 2. The van der Waals surface area contributed by atoms with E-state index in [0.29, 0.717) is 12.2 Å². The Morgan fingerprint density at radius 2 is 1.90 bits per heavy atom. The number of anilines is 1. The number of nitrogens with zero attached hydrogens (tertiary/aromatic N) is 5. The molecule has 9 heteroatoms. The van der Waals surface area contributed by atoms with Crippen LogP contribution in [0.3, 0.4) is 0 Å². The molecule has 0 saturated carbocycles. The van der Waals surface area contributed by atoms with Gasteiger partial charge < -0.3 is 15.5 Å². The highest BCUT2D eigenvalue weighted by atomic mass is 127.